The highest BCUT2D eigenvalue weighted by molar-refractivity contribution is 9.10. The number of nitrogens with one attached hydrogen (secondary N) is 2. The predicted molar refractivity (Wildman–Crippen MR) is 113 cm³/mol. The molecule has 0 aliphatic carbocycles. The van der Waals surface area contributed by atoms with Gasteiger partial charge in [0, 0.05) is 33.9 Å². The number of para-hydroxylation sites is 1. The van der Waals surface area contributed by atoms with Gasteiger partial charge in [-0.3, -0.25) is 0 Å². The molecule has 0 amide bonds. The number of thioether (sulfide) groups is 1. The van der Waals surface area contributed by atoms with Crippen LogP contribution in [0.15, 0.2) is 59.2 Å². The second kappa shape index (κ2) is 8.70. The van der Waals surface area contributed by atoms with Crippen molar-refractivity contribution in [3.05, 3.63) is 70.3 Å². The number of H-pyrrole nitrogens is 1. The maximum atomic E-state index is 5.42. The van der Waals surface area contributed by atoms with Crippen molar-refractivity contribution < 1.29 is 0 Å². The summed E-state index contributed by atoms with van der Waals surface area (Å²) in [5.41, 5.74) is 3.87. The van der Waals surface area contributed by atoms with Crippen LogP contribution < -0.4 is 5.32 Å². The van der Waals surface area contributed by atoms with Crippen LogP contribution in [0.4, 0.5) is 0 Å². The van der Waals surface area contributed by atoms with Gasteiger partial charge >= 0.3 is 0 Å². The average Bonchev–Trinajstić information content (AvgIpc) is 3.00. The van der Waals surface area contributed by atoms with E-state index in [2.05, 4.69) is 81.0 Å². The molecule has 0 unspecified atom stereocenters. The Morgan fingerprint density at radius 2 is 1.88 bits per heavy atom. The number of hydrogen-bond donors (Lipinski definition) is 2. The summed E-state index contributed by atoms with van der Waals surface area (Å²) in [6, 6.07) is 16.9. The lowest BCUT2D eigenvalue weighted by molar-refractivity contribution is 0.887. The van der Waals surface area contributed by atoms with Gasteiger partial charge in [0.25, 0.3) is 0 Å². The van der Waals surface area contributed by atoms with Crippen LogP contribution in [0.2, 0.25) is 0 Å². The van der Waals surface area contributed by atoms with E-state index in [0.29, 0.717) is 0 Å². The summed E-state index contributed by atoms with van der Waals surface area (Å²) < 4.78 is 2.00. The van der Waals surface area contributed by atoms with E-state index in [0.717, 1.165) is 33.9 Å². The number of aromatic amines is 1. The Morgan fingerprint density at radius 1 is 1.08 bits per heavy atom. The molecule has 1 aromatic heterocycles. The summed E-state index contributed by atoms with van der Waals surface area (Å²) >= 11 is 10.6. The number of benzene rings is 2. The van der Waals surface area contributed by atoms with Crippen molar-refractivity contribution in [1.29, 1.82) is 0 Å². The van der Waals surface area contributed by atoms with Crippen molar-refractivity contribution >= 4 is 55.1 Å². The molecular formula is C19H19BrN2S2. The van der Waals surface area contributed by atoms with Gasteiger partial charge in [0.1, 0.15) is 4.32 Å². The summed E-state index contributed by atoms with van der Waals surface area (Å²) in [5.74, 6) is 1.00. The molecule has 1 heterocycles. The minimum atomic E-state index is 0.867. The van der Waals surface area contributed by atoms with Gasteiger partial charge in [0.2, 0.25) is 0 Å². The maximum absolute atomic E-state index is 5.42. The summed E-state index contributed by atoms with van der Waals surface area (Å²) in [6.45, 7) is 0.867. The zero-order valence-corrected chi connectivity index (χ0v) is 16.4. The first-order chi connectivity index (χ1) is 11.7. The Hall–Kier alpha value is -1.30. The molecule has 124 valence electrons. The van der Waals surface area contributed by atoms with Crippen LogP contribution >= 0.6 is 39.9 Å². The Morgan fingerprint density at radius 3 is 2.71 bits per heavy atom. The number of aryl methyl sites for hydroxylation is 1. The van der Waals surface area contributed by atoms with E-state index < -0.39 is 0 Å². The lowest BCUT2D eigenvalue weighted by Crippen LogP contribution is -2.21. The number of halogens is 1. The summed E-state index contributed by atoms with van der Waals surface area (Å²) in [6.07, 6.45) is 4.09. The summed E-state index contributed by atoms with van der Waals surface area (Å²) in [7, 11) is 0. The number of fused-ring (bicyclic) bond motifs is 1. The summed E-state index contributed by atoms with van der Waals surface area (Å²) in [5, 5.41) is 4.65. The molecule has 3 aromatic rings. The normalized spacial score (nSPS) is 10.9. The first-order valence-corrected chi connectivity index (χ1v) is 10.1. The predicted octanol–water partition coefficient (Wildman–Crippen LogP) is 5.32. The number of aromatic nitrogens is 1. The first kappa shape index (κ1) is 17.5. The molecule has 0 radical (unpaired) electrons. The smallest absolute Gasteiger partial charge is 0.133 e. The van der Waals surface area contributed by atoms with Gasteiger partial charge in [-0.2, -0.15) is 0 Å². The fraction of sp³-hybridized carbons (Fsp3) is 0.211. The fourth-order valence-corrected chi connectivity index (χ4v) is 3.95. The molecule has 0 aliphatic rings. The average molecular weight is 419 g/mol. The third kappa shape index (κ3) is 4.85. The number of rotatable bonds is 6. The SMILES string of the molecule is S=C(NCCc1c[nH]c2ccccc12)SCCc1ccc(Br)cc1. The second-order valence-corrected chi connectivity index (χ2v) is 8.24. The molecule has 0 fully saturated rings. The quantitative estimate of drug-likeness (QED) is 0.530. The van der Waals surface area contributed by atoms with Crippen LogP contribution in [0.1, 0.15) is 11.1 Å². The minimum Gasteiger partial charge on any atom is -0.371 e. The van der Waals surface area contributed by atoms with Crippen LogP contribution in [0.5, 0.6) is 0 Å². The Labute approximate surface area is 160 Å². The molecule has 2 nitrogen and oxygen atoms in total. The highest BCUT2D eigenvalue weighted by atomic mass is 79.9. The van der Waals surface area contributed by atoms with Crippen LogP contribution in [0.25, 0.3) is 10.9 Å². The highest BCUT2D eigenvalue weighted by Gasteiger charge is 2.03. The molecule has 0 saturated heterocycles. The van der Waals surface area contributed by atoms with Crippen LogP contribution in [-0.4, -0.2) is 21.6 Å². The van der Waals surface area contributed by atoms with Gasteiger partial charge in [-0.1, -0.05) is 70.2 Å². The van der Waals surface area contributed by atoms with Crippen LogP contribution in [0, 0.1) is 0 Å². The highest BCUT2D eigenvalue weighted by Crippen LogP contribution is 2.18. The van der Waals surface area contributed by atoms with Crippen molar-refractivity contribution in [3.63, 3.8) is 0 Å². The Kier molecular flexibility index (Phi) is 6.35. The molecule has 24 heavy (non-hydrogen) atoms. The van der Waals surface area contributed by atoms with Crippen molar-refractivity contribution in [2.75, 3.05) is 12.3 Å². The fourth-order valence-electron chi connectivity index (χ4n) is 2.60. The van der Waals surface area contributed by atoms with Crippen molar-refractivity contribution in [3.8, 4) is 0 Å². The molecule has 5 heteroatoms. The third-order valence-corrected chi connectivity index (χ3v) is 5.72. The number of thiocarbonyl (C=S) groups is 1. The maximum Gasteiger partial charge on any atom is 0.133 e. The standard InChI is InChI=1S/C19H19BrN2S2/c20-16-7-5-14(6-8-16)10-12-24-19(23)21-11-9-15-13-22-18-4-2-1-3-17(15)18/h1-8,13,22H,9-12H2,(H,21,23). The molecule has 3 rings (SSSR count). The van der Waals surface area contributed by atoms with E-state index in [1.165, 1.54) is 22.0 Å². The van der Waals surface area contributed by atoms with Gasteiger partial charge in [-0.15, -0.1) is 0 Å². The lowest BCUT2D eigenvalue weighted by atomic mass is 10.1. The molecule has 2 aromatic carbocycles. The molecule has 0 saturated carbocycles. The van der Waals surface area contributed by atoms with E-state index in [4.69, 9.17) is 12.2 Å². The number of hydrogen-bond acceptors (Lipinski definition) is 2. The van der Waals surface area contributed by atoms with E-state index >= 15 is 0 Å². The van der Waals surface area contributed by atoms with E-state index in [1.807, 2.05) is 0 Å². The molecule has 0 aliphatic heterocycles. The minimum absolute atomic E-state index is 0.867. The van der Waals surface area contributed by atoms with Gasteiger partial charge < -0.3 is 10.3 Å². The monoisotopic (exact) mass is 418 g/mol. The summed E-state index contributed by atoms with van der Waals surface area (Å²) in [4.78, 5) is 3.31. The molecule has 0 bridgehead atoms. The van der Waals surface area contributed by atoms with Crippen LogP contribution in [-0.2, 0) is 12.8 Å². The molecular weight excluding hydrogens is 400 g/mol. The lowest BCUT2D eigenvalue weighted by Gasteiger charge is -2.07. The van der Waals surface area contributed by atoms with Crippen molar-refractivity contribution in [2.24, 2.45) is 0 Å². The van der Waals surface area contributed by atoms with Crippen LogP contribution in [0.3, 0.4) is 0 Å². The zero-order chi connectivity index (χ0) is 16.8. The van der Waals surface area contributed by atoms with Crippen molar-refractivity contribution in [1.82, 2.24) is 10.3 Å². The van der Waals surface area contributed by atoms with E-state index in [9.17, 15) is 0 Å². The zero-order valence-electron chi connectivity index (χ0n) is 13.2. The Balaban J connectivity index is 1.39. The van der Waals surface area contributed by atoms with Gasteiger partial charge in [0.05, 0.1) is 0 Å². The van der Waals surface area contributed by atoms with Crippen molar-refractivity contribution in [2.45, 2.75) is 12.8 Å². The largest absolute Gasteiger partial charge is 0.371 e. The van der Waals surface area contributed by atoms with E-state index in [-0.39, 0.29) is 0 Å². The molecule has 0 spiro atoms. The Bertz CT molecular complexity index is 812. The molecule has 2 N–H and O–H groups in total. The second-order valence-electron chi connectivity index (χ2n) is 5.55. The van der Waals surface area contributed by atoms with Gasteiger partial charge in [-0.05, 0) is 42.2 Å². The third-order valence-electron chi connectivity index (χ3n) is 3.88. The van der Waals surface area contributed by atoms with E-state index in [1.54, 1.807) is 11.8 Å². The first-order valence-electron chi connectivity index (χ1n) is 7.92. The van der Waals surface area contributed by atoms with Gasteiger partial charge in [0.15, 0.2) is 0 Å². The van der Waals surface area contributed by atoms with Gasteiger partial charge in [-0.25, -0.2) is 0 Å². The molecule has 0 atom stereocenters. The topological polar surface area (TPSA) is 27.8 Å².